The number of hydrogen-bond donors (Lipinski definition) is 2. The molecular formula is C14H19NO4. The zero-order valence-corrected chi connectivity index (χ0v) is 11.0. The summed E-state index contributed by atoms with van der Waals surface area (Å²) < 4.78 is 5.36. The first kappa shape index (κ1) is 13.8. The molecule has 1 saturated heterocycles. The molecule has 1 fully saturated rings. The summed E-state index contributed by atoms with van der Waals surface area (Å²) in [4.78, 5) is 13.0. The van der Waals surface area contributed by atoms with Crippen molar-refractivity contribution in [1.82, 2.24) is 4.90 Å². The molecule has 104 valence electrons. The van der Waals surface area contributed by atoms with Crippen LogP contribution in [0, 0.1) is 0 Å². The molecule has 0 aromatic heterocycles. The summed E-state index contributed by atoms with van der Waals surface area (Å²) in [5.74, 6) is -0.583. The molecule has 0 bridgehead atoms. The van der Waals surface area contributed by atoms with Crippen LogP contribution in [0.4, 0.5) is 0 Å². The Bertz CT molecular complexity index is 449. The third-order valence-corrected chi connectivity index (χ3v) is 3.57. The highest BCUT2D eigenvalue weighted by Gasteiger charge is 2.30. The molecule has 5 heteroatoms. The lowest BCUT2D eigenvalue weighted by atomic mass is 10.0. The highest BCUT2D eigenvalue weighted by molar-refractivity contribution is 5.67. The summed E-state index contributed by atoms with van der Waals surface area (Å²) in [5, 5.41) is 18.9. The molecule has 0 spiro atoms. The quantitative estimate of drug-likeness (QED) is 0.866. The van der Waals surface area contributed by atoms with Crippen LogP contribution in [0.3, 0.4) is 0 Å². The van der Waals surface area contributed by atoms with E-state index in [-0.39, 0.29) is 24.3 Å². The molecule has 1 aliphatic rings. The fourth-order valence-corrected chi connectivity index (χ4v) is 2.57. The topological polar surface area (TPSA) is 70.0 Å². The van der Waals surface area contributed by atoms with Crippen LogP contribution in [0.5, 0.6) is 5.75 Å². The number of aromatic hydroxyl groups is 1. The predicted molar refractivity (Wildman–Crippen MR) is 70.1 cm³/mol. The third-order valence-electron chi connectivity index (χ3n) is 3.57. The van der Waals surface area contributed by atoms with Crippen molar-refractivity contribution >= 4 is 5.97 Å². The molecule has 1 aliphatic heterocycles. The average Bonchev–Trinajstić information content (AvgIpc) is 2.38. The van der Waals surface area contributed by atoms with Crippen LogP contribution in [-0.2, 0) is 9.53 Å². The normalized spacial score (nSPS) is 22.1. The smallest absolute Gasteiger partial charge is 0.305 e. The maximum atomic E-state index is 10.9. The summed E-state index contributed by atoms with van der Waals surface area (Å²) >= 11 is 0. The van der Waals surface area contributed by atoms with Gasteiger partial charge < -0.3 is 14.9 Å². The average molecular weight is 265 g/mol. The number of carboxylic acids is 1. The van der Waals surface area contributed by atoms with Gasteiger partial charge in [-0.3, -0.25) is 9.69 Å². The van der Waals surface area contributed by atoms with Crippen molar-refractivity contribution in [1.29, 1.82) is 0 Å². The number of morpholine rings is 1. The molecule has 1 heterocycles. The summed E-state index contributed by atoms with van der Waals surface area (Å²) in [6, 6.07) is 6.99. The van der Waals surface area contributed by atoms with E-state index in [1.165, 1.54) is 0 Å². The van der Waals surface area contributed by atoms with Gasteiger partial charge in [0.05, 0.1) is 19.6 Å². The van der Waals surface area contributed by atoms with Gasteiger partial charge in [0.25, 0.3) is 0 Å². The number of rotatable bonds is 4. The van der Waals surface area contributed by atoms with E-state index in [1.807, 2.05) is 19.1 Å². The zero-order valence-electron chi connectivity index (χ0n) is 11.0. The van der Waals surface area contributed by atoms with E-state index in [0.717, 1.165) is 5.56 Å². The molecule has 0 saturated carbocycles. The lowest BCUT2D eigenvalue weighted by Crippen LogP contribution is -2.47. The number of aliphatic carboxylic acids is 1. The van der Waals surface area contributed by atoms with Gasteiger partial charge in [-0.1, -0.05) is 18.2 Å². The second-order valence-corrected chi connectivity index (χ2v) is 4.80. The van der Waals surface area contributed by atoms with E-state index >= 15 is 0 Å². The SMILES string of the molecule is CC(c1ccccc1O)N1CCOCC1CC(=O)O. The Morgan fingerprint density at radius 1 is 1.53 bits per heavy atom. The molecular weight excluding hydrogens is 246 g/mol. The minimum Gasteiger partial charge on any atom is -0.508 e. The van der Waals surface area contributed by atoms with Crippen LogP contribution in [-0.4, -0.2) is 46.9 Å². The van der Waals surface area contributed by atoms with E-state index in [1.54, 1.807) is 12.1 Å². The van der Waals surface area contributed by atoms with Crippen molar-refractivity contribution in [2.24, 2.45) is 0 Å². The van der Waals surface area contributed by atoms with E-state index in [4.69, 9.17) is 9.84 Å². The van der Waals surface area contributed by atoms with Gasteiger partial charge in [-0.2, -0.15) is 0 Å². The Labute approximate surface area is 112 Å². The molecule has 2 rings (SSSR count). The van der Waals surface area contributed by atoms with Crippen molar-refractivity contribution in [2.75, 3.05) is 19.8 Å². The number of phenols is 1. The van der Waals surface area contributed by atoms with Crippen molar-refractivity contribution in [3.63, 3.8) is 0 Å². The van der Waals surface area contributed by atoms with Gasteiger partial charge in [0.1, 0.15) is 5.75 Å². The number of para-hydroxylation sites is 1. The first-order valence-electron chi connectivity index (χ1n) is 6.42. The molecule has 0 amide bonds. The van der Waals surface area contributed by atoms with Crippen molar-refractivity contribution in [2.45, 2.75) is 25.4 Å². The fourth-order valence-electron chi connectivity index (χ4n) is 2.57. The highest BCUT2D eigenvalue weighted by atomic mass is 16.5. The Kier molecular flexibility index (Phi) is 4.39. The number of hydrogen-bond acceptors (Lipinski definition) is 4. The summed E-state index contributed by atoms with van der Waals surface area (Å²) in [6.45, 7) is 3.67. The van der Waals surface area contributed by atoms with Crippen LogP contribution in [0.15, 0.2) is 24.3 Å². The molecule has 19 heavy (non-hydrogen) atoms. The number of carbonyl (C=O) groups is 1. The summed E-state index contributed by atoms with van der Waals surface area (Å²) in [6.07, 6.45) is 0.0535. The second kappa shape index (κ2) is 6.04. The van der Waals surface area contributed by atoms with Crippen molar-refractivity contribution in [3.8, 4) is 5.75 Å². The number of nitrogens with zero attached hydrogens (tertiary/aromatic N) is 1. The minimum absolute atomic E-state index is 0.0329. The van der Waals surface area contributed by atoms with Crippen LogP contribution >= 0.6 is 0 Å². The Morgan fingerprint density at radius 3 is 2.95 bits per heavy atom. The van der Waals surface area contributed by atoms with Crippen molar-refractivity contribution < 1.29 is 19.7 Å². The standard InChI is InChI=1S/C14H19NO4/c1-10(12-4-2-3-5-13(12)16)15-6-7-19-9-11(15)8-14(17)18/h2-5,10-11,16H,6-9H2,1H3,(H,17,18). The van der Waals surface area contributed by atoms with Gasteiger partial charge in [0.2, 0.25) is 0 Å². The first-order chi connectivity index (χ1) is 9.09. The van der Waals surface area contributed by atoms with Gasteiger partial charge in [-0.05, 0) is 13.0 Å². The second-order valence-electron chi connectivity index (χ2n) is 4.80. The molecule has 2 N–H and O–H groups in total. The molecule has 1 aromatic carbocycles. The molecule has 1 aromatic rings. The Balaban J connectivity index is 2.17. The van der Waals surface area contributed by atoms with Crippen LogP contribution < -0.4 is 0 Å². The van der Waals surface area contributed by atoms with Crippen molar-refractivity contribution in [3.05, 3.63) is 29.8 Å². The monoisotopic (exact) mass is 265 g/mol. The summed E-state index contributed by atoms with van der Waals surface area (Å²) in [5.41, 5.74) is 0.819. The predicted octanol–water partition coefficient (Wildman–Crippen LogP) is 1.63. The van der Waals surface area contributed by atoms with E-state index in [9.17, 15) is 9.90 Å². The van der Waals surface area contributed by atoms with Gasteiger partial charge in [0.15, 0.2) is 0 Å². The van der Waals surface area contributed by atoms with Crippen LogP contribution in [0.1, 0.15) is 24.9 Å². The minimum atomic E-state index is -0.829. The zero-order chi connectivity index (χ0) is 13.8. The third kappa shape index (κ3) is 3.24. The van der Waals surface area contributed by atoms with E-state index < -0.39 is 5.97 Å². The lowest BCUT2D eigenvalue weighted by molar-refractivity contribution is -0.140. The number of benzene rings is 1. The largest absolute Gasteiger partial charge is 0.508 e. The highest BCUT2D eigenvalue weighted by Crippen LogP contribution is 2.31. The number of carboxylic acid groups (broad SMARTS) is 1. The molecule has 0 aliphatic carbocycles. The van der Waals surface area contributed by atoms with E-state index in [2.05, 4.69) is 4.90 Å². The van der Waals surface area contributed by atoms with Crippen LogP contribution in [0.25, 0.3) is 0 Å². The molecule has 0 radical (unpaired) electrons. The first-order valence-corrected chi connectivity index (χ1v) is 6.42. The maximum absolute atomic E-state index is 10.9. The van der Waals surface area contributed by atoms with E-state index in [0.29, 0.717) is 19.8 Å². The Hall–Kier alpha value is -1.59. The molecule has 2 atom stereocenters. The van der Waals surface area contributed by atoms with Gasteiger partial charge >= 0.3 is 5.97 Å². The fraction of sp³-hybridized carbons (Fsp3) is 0.500. The summed E-state index contributed by atoms with van der Waals surface area (Å²) in [7, 11) is 0. The number of phenolic OH excluding ortho intramolecular Hbond substituents is 1. The lowest BCUT2D eigenvalue weighted by Gasteiger charge is -2.39. The Morgan fingerprint density at radius 2 is 2.26 bits per heavy atom. The maximum Gasteiger partial charge on any atom is 0.305 e. The van der Waals surface area contributed by atoms with Crippen LogP contribution in [0.2, 0.25) is 0 Å². The molecule has 5 nitrogen and oxygen atoms in total. The van der Waals surface area contributed by atoms with Gasteiger partial charge in [-0.25, -0.2) is 0 Å². The van der Waals surface area contributed by atoms with Gasteiger partial charge in [-0.15, -0.1) is 0 Å². The van der Waals surface area contributed by atoms with Gasteiger partial charge in [0, 0.05) is 24.2 Å². The number of ether oxygens (including phenoxy) is 1. The molecule has 2 unspecified atom stereocenters.